The summed E-state index contributed by atoms with van der Waals surface area (Å²) in [7, 11) is 0. The maximum Gasteiger partial charge on any atom is 0.338 e. The van der Waals surface area contributed by atoms with Gasteiger partial charge in [0, 0.05) is 16.7 Å². The van der Waals surface area contributed by atoms with E-state index in [1.807, 2.05) is 97.1 Å². The van der Waals surface area contributed by atoms with Crippen molar-refractivity contribution in [3.63, 3.8) is 0 Å². The van der Waals surface area contributed by atoms with Gasteiger partial charge in [-0.25, -0.2) is 9.79 Å². The summed E-state index contributed by atoms with van der Waals surface area (Å²) in [6.45, 7) is 6.40. The Kier molecular flexibility index (Phi) is 9.28. The van der Waals surface area contributed by atoms with Crippen LogP contribution in [0, 0.1) is 11.3 Å². The fourth-order valence-electron chi connectivity index (χ4n) is 5.60. The summed E-state index contributed by atoms with van der Waals surface area (Å²) in [4.78, 5) is 33.5. The van der Waals surface area contributed by atoms with E-state index in [0.717, 1.165) is 22.3 Å². The summed E-state index contributed by atoms with van der Waals surface area (Å²) in [5.41, 5.74) is 5.24. The average Bonchev–Trinajstić information content (AvgIpc) is 3.41. The van der Waals surface area contributed by atoms with Gasteiger partial charge >= 0.3 is 5.97 Å². The number of esters is 1. The molecule has 1 atom stereocenters. The minimum atomic E-state index is -0.752. The molecule has 8 heteroatoms. The molecule has 7 nitrogen and oxygen atoms in total. The number of nitriles is 1. The number of fused-ring (bicyclic) bond motifs is 1. The molecule has 6 rings (SSSR count). The lowest BCUT2D eigenvalue weighted by Crippen LogP contribution is -2.40. The van der Waals surface area contributed by atoms with Crippen molar-refractivity contribution in [2.24, 2.45) is 4.99 Å². The summed E-state index contributed by atoms with van der Waals surface area (Å²) in [5.74, 6) is 0.379. The van der Waals surface area contributed by atoms with Crippen molar-refractivity contribution in [1.82, 2.24) is 4.57 Å². The van der Waals surface area contributed by atoms with Crippen LogP contribution in [0.4, 0.5) is 0 Å². The first-order valence-electron chi connectivity index (χ1n) is 15.5. The zero-order chi connectivity index (χ0) is 32.9. The number of thiazole rings is 1. The number of nitrogens with zero attached hydrogens (tertiary/aromatic N) is 3. The molecular formula is C39H33N3O4S. The number of hydrogen-bond donors (Lipinski definition) is 0. The SMILES string of the molecule is CCOC(=O)C1=C(c2ccccc2)N=c2s/c(=C\c3ccccc3OCc3ccccc3C#N)c(=O)n2[C@H]1c1ccc(C(C)C)cc1. The normalized spacial score (nSPS) is 14.4. The van der Waals surface area contributed by atoms with Crippen LogP contribution in [0.15, 0.2) is 118 Å². The van der Waals surface area contributed by atoms with Gasteiger partial charge in [-0.3, -0.25) is 9.36 Å². The molecule has 0 radical (unpaired) electrons. The molecule has 0 N–H and O–H groups in total. The van der Waals surface area contributed by atoms with Crippen LogP contribution in [0.1, 0.15) is 66.1 Å². The zero-order valence-corrected chi connectivity index (χ0v) is 27.2. The van der Waals surface area contributed by atoms with Gasteiger partial charge in [0.05, 0.1) is 40.1 Å². The Morgan fingerprint density at radius 1 is 0.979 bits per heavy atom. The highest BCUT2D eigenvalue weighted by Crippen LogP contribution is 2.35. The molecular weight excluding hydrogens is 607 g/mol. The van der Waals surface area contributed by atoms with Crippen molar-refractivity contribution in [2.75, 3.05) is 6.61 Å². The third kappa shape index (κ3) is 6.44. The molecule has 0 spiro atoms. The van der Waals surface area contributed by atoms with Gasteiger partial charge in [-0.1, -0.05) is 116 Å². The molecule has 0 unspecified atom stereocenters. The minimum absolute atomic E-state index is 0.184. The van der Waals surface area contributed by atoms with E-state index in [1.165, 1.54) is 11.3 Å². The van der Waals surface area contributed by atoms with Crippen molar-refractivity contribution < 1.29 is 14.3 Å². The van der Waals surface area contributed by atoms with Crippen molar-refractivity contribution in [1.29, 1.82) is 5.26 Å². The molecule has 234 valence electrons. The summed E-state index contributed by atoms with van der Waals surface area (Å²) in [5, 5.41) is 9.50. The van der Waals surface area contributed by atoms with E-state index in [2.05, 4.69) is 19.9 Å². The van der Waals surface area contributed by atoms with Gasteiger partial charge in [0.1, 0.15) is 12.4 Å². The number of carbonyl (C=O) groups is 1. The summed E-state index contributed by atoms with van der Waals surface area (Å²) < 4.78 is 13.8. The number of hydrogen-bond acceptors (Lipinski definition) is 7. The second kappa shape index (κ2) is 13.9. The van der Waals surface area contributed by atoms with Gasteiger partial charge in [0.15, 0.2) is 4.80 Å². The monoisotopic (exact) mass is 639 g/mol. The highest BCUT2D eigenvalue weighted by Gasteiger charge is 2.35. The number of benzene rings is 4. The van der Waals surface area contributed by atoms with E-state index in [0.29, 0.717) is 43.4 Å². The number of rotatable bonds is 9. The largest absolute Gasteiger partial charge is 0.488 e. The predicted molar refractivity (Wildman–Crippen MR) is 184 cm³/mol. The fourth-order valence-corrected chi connectivity index (χ4v) is 6.59. The summed E-state index contributed by atoms with van der Waals surface area (Å²) in [6.07, 6.45) is 1.80. The first-order valence-corrected chi connectivity index (χ1v) is 16.3. The van der Waals surface area contributed by atoms with E-state index in [4.69, 9.17) is 14.5 Å². The molecule has 0 saturated carbocycles. The maximum absolute atomic E-state index is 14.4. The van der Waals surface area contributed by atoms with E-state index in [1.54, 1.807) is 23.6 Å². The first-order chi connectivity index (χ1) is 22.9. The number of ether oxygens (including phenoxy) is 2. The van der Waals surface area contributed by atoms with Crippen LogP contribution in [0.3, 0.4) is 0 Å². The molecule has 0 bridgehead atoms. The quantitative estimate of drug-likeness (QED) is 0.172. The number of carbonyl (C=O) groups excluding carboxylic acids is 1. The van der Waals surface area contributed by atoms with Crippen LogP contribution in [-0.2, 0) is 16.1 Å². The lowest BCUT2D eigenvalue weighted by molar-refractivity contribution is -0.138. The first kappa shape index (κ1) is 31.5. The summed E-state index contributed by atoms with van der Waals surface area (Å²) >= 11 is 1.26. The van der Waals surface area contributed by atoms with Gasteiger partial charge in [0.25, 0.3) is 5.56 Å². The molecule has 0 aliphatic carbocycles. The minimum Gasteiger partial charge on any atom is -0.488 e. The molecule has 1 aromatic heterocycles. The van der Waals surface area contributed by atoms with E-state index in [-0.39, 0.29) is 18.8 Å². The molecule has 5 aromatic rings. The van der Waals surface area contributed by atoms with Crippen molar-refractivity contribution in [3.8, 4) is 11.8 Å². The van der Waals surface area contributed by atoms with Gasteiger partial charge in [-0.2, -0.15) is 5.26 Å². The van der Waals surface area contributed by atoms with Crippen LogP contribution in [0.2, 0.25) is 0 Å². The van der Waals surface area contributed by atoms with Gasteiger partial charge in [-0.15, -0.1) is 0 Å². The second-order valence-electron chi connectivity index (χ2n) is 11.3. The Hall–Kier alpha value is -5.52. The van der Waals surface area contributed by atoms with E-state index in [9.17, 15) is 14.9 Å². The molecule has 1 aliphatic heterocycles. The Morgan fingerprint density at radius 3 is 2.40 bits per heavy atom. The highest BCUT2D eigenvalue weighted by molar-refractivity contribution is 7.07. The van der Waals surface area contributed by atoms with Crippen LogP contribution >= 0.6 is 11.3 Å². The van der Waals surface area contributed by atoms with Crippen LogP contribution in [0.25, 0.3) is 11.8 Å². The van der Waals surface area contributed by atoms with Crippen LogP contribution in [-0.4, -0.2) is 17.1 Å². The number of aromatic nitrogens is 1. The predicted octanol–water partition coefficient (Wildman–Crippen LogP) is 6.51. The Labute approximate surface area is 277 Å². The third-order valence-electron chi connectivity index (χ3n) is 8.02. The Morgan fingerprint density at radius 2 is 1.68 bits per heavy atom. The van der Waals surface area contributed by atoms with E-state index >= 15 is 0 Å². The standard InChI is InChI=1S/C39H33N3O4S/c1-4-45-38(44)34-35(27-12-6-5-7-13-27)41-39-42(36(34)28-20-18-26(19-21-28)25(2)3)37(43)33(47-39)22-29-14-10-11-17-32(29)46-24-31-16-9-8-15-30(31)23-40/h5-22,25,36H,4,24H2,1-3H3/b33-22-/t36-/m0/s1. The summed E-state index contributed by atoms with van der Waals surface area (Å²) in [6, 6.07) is 33.8. The average molecular weight is 640 g/mol. The zero-order valence-electron chi connectivity index (χ0n) is 26.3. The smallest absolute Gasteiger partial charge is 0.338 e. The maximum atomic E-state index is 14.4. The van der Waals surface area contributed by atoms with Crippen LogP contribution in [0.5, 0.6) is 5.75 Å². The van der Waals surface area contributed by atoms with Crippen molar-refractivity contribution in [3.05, 3.63) is 162 Å². The molecule has 1 aliphatic rings. The van der Waals surface area contributed by atoms with Gasteiger partial charge in [-0.05, 0) is 42.2 Å². The molecule has 0 saturated heterocycles. The lowest BCUT2D eigenvalue weighted by Gasteiger charge is -2.26. The van der Waals surface area contributed by atoms with Gasteiger partial charge in [0.2, 0.25) is 0 Å². The topological polar surface area (TPSA) is 93.7 Å². The van der Waals surface area contributed by atoms with Gasteiger partial charge < -0.3 is 9.47 Å². The number of para-hydroxylation sites is 1. The molecule has 47 heavy (non-hydrogen) atoms. The van der Waals surface area contributed by atoms with Crippen molar-refractivity contribution in [2.45, 2.75) is 39.3 Å². The van der Waals surface area contributed by atoms with Crippen molar-refractivity contribution >= 4 is 29.1 Å². The third-order valence-corrected chi connectivity index (χ3v) is 9.00. The molecule has 4 aromatic carbocycles. The molecule has 0 fully saturated rings. The lowest BCUT2D eigenvalue weighted by atomic mass is 9.91. The molecule has 0 amide bonds. The fraction of sp³-hybridized carbons (Fsp3) is 0.179. The van der Waals surface area contributed by atoms with Crippen LogP contribution < -0.4 is 19.6 Å². The Bertz CT molecular complexity index is 2190. The second-order valence-corrected chi connectivity index (χ2v) is 12.4. The highest BCUT2D eigenvalue weighted by atomic mass is 32.1. The Balaban J connectivity index is 1.52. The molecule has 2 heterocycles. The van der Waals surface area contributed by atoms with E-state index < -0.39 is 12.0 Å².